The highest BCUT2D eigenvalue weighted by Crippen LogP contribution is 2.30. The molecule has 2 aromatic rings. The van der Waals surface area contributed by atoms with E-state index in [9.17, 15) is 5.26 Å². The van der Waals surface area contributed by atoms with E-state index < -0.39 is 0 Å². The number of morpholine rings is 1. The van der Waals surface area contributed by atoms with E-state index in [2.05, 4.69) is 11.0 Å². The van der Waals surface area contributed by atoms with Gasteiger partial charge in [-0.05, 0) is 35.9 Å². The van der Waals surface area contributed by atoms with Gasteiger partial charge in [0.2, 0.25) is 0 Å². The number of halogens is 1. The minimum absolute atomic E-state index is 0.542. The highest BCUT2D eigenvalue weighted by molar-refractivity contribution is 6.30. The van der Waals surface area contributed by atoms with Gasteiger partial charge in [0, 0.05) is 35.4 Å². The Balaban J connectivity index is 1.94. The van der Waals surface area contributed by atoms with Gasteiger partial charge in [0.1, 0.15) is 5.75 Å². The summed E-state index contributed by atoms with van der Waals surface area (Å²) in [7, 11) is 1.64. The lowest BCUT2D eigenvalue weighted by Crippen LogP contribution is -2.36. The summed E-state index contributed by atoms with van der Waals surface area (Å²) in [5.74, 6) is 0.735. The number of hydrogen-bond donors (Lipinski definition) is 0. The molecule has 0 aromatic heterocycles. The van der Waals surface area contributed by atoms with Gasteiger partial charge in [-0.3, -0.25) is 0 Å². The Bertz CT molecular complexity index is 821. The van der Waals surface area contributed by atoms with Crippen LogP contribution in [0.25, 0.3) is 11.6 Å². The van der Waals surface area contributed by atoms with E-state index in [4.69, 9.17) is 21.1 Å². The second kappa shape index (κ2) is 8.06. The van der Waals surface area contributed by atoms with E-state index in [0.717, 1.165) is 48.9 Å². The van der Waals surface area contributed by atoms with E-state index in [1.165, 1.54) is 0 Å². The van der Waals surface area contributed by atoms with Gasteiger partial charge in [0.25, 0.3) is 0 Å². The van der Waals surface area contributed by atoms with E-state index >= 15 is 0 Å². The van der Waals surface area contributed by atoms with Crippen LogP contribution in [0, 0.1) is 11.3 Å². The van der Waals surface area contributed by atoms with Crippen LogP contribution >= 0.6 is 11.6 Å². The van der Waals surface area contributed by atoms with Crippen LogP contribution in [-0.2, 0) is 4.74 Å². The number of anilines is 1. The van der Waals surface area contributed by atoms with E-state index in [1.54, 1.807) is 19.2 Å². The van der Waals surface area contributed by atoms with Crippen LogP contribution in [0.3, 0.4) is 0 Å². The number of nitrogens with zero attached hydrogens (tertiary/aromatic N) is 2. The molecule has 3 rings (SSSR count). The summed E-state index contributed by atoms with van der Waals surface area (Å²) in [5, 5.41) is 10.1. The van der Waals surface area contributed by atoms with Crippen LogP contribution < -0.4 is 9.64 Å². The maximum absolute atomic E-state index is 9.53. The molecular formula is C20H19ClN2O2. The highest BCUT2D eigenvalue weighted by Gasteiger charge is 2.13. The lowest BCUT2D eigenvalue weighted by atomic mass is 10.0. The molecule has 0 aliphatic carbocycles. The molecule has 4 nitrogen and oxygen atoms in total. The molecule has 0 bridgehead atoms. The first-order chi connectivity index (χ1) is 12.2. The lowest BCUT2D eigenvalue weighted by molar-refractivity contribution is 0.122. The quantitative estimate of drug-likeness (QED) is 0.608. The molecule has 0 radical (unpaired) electrons. The molecular weight excluding hydrogens is 336 g/mol. The predicted molar refractivity (Wildman–Crippen MR) is 101 cm³/mol. The summed E-state index contributed by atoms with van der Waals surface area (Å²) in [4.78, 5) is 2.27. The molecule has 2 aromatic carbocycles. The molecule has 128 valence electrons. The van der Waals surface area contributed by atoms with Crippen molar-refractivity contribution in [2.45, 2.75) is 0 Å². The minimum atomic E-state index is 0.542. The average molecular weight is 355 g/mol. The number of ether oxygens (including phenoxy) is 2. The van der Waals surface area contributed by atoms with Crippen molar-refractivity contribution in [1.29, 1.82) is 5.26 Å². The maximum atomic E-state index is 9.53. The van der Waals surface area contributed by atoms with Gasteiger partial charge in [0.05, 0.1) is 32.0 Å². The fraction of sp³-hybridized carbons (Fsp3) is 0.250. The zero-order valence-electron chi connectivity index (χ0n) is 14.0. The van der Waals surface area contributed by atoms with Crippen molar-refractivity contribution < 1.29 is 9.47 Å². The molecule has 0 saturated carbocycles. The summed E-state index contributed by atoms with van der Waals surface area (Å²) in [6.45, 7) is 3.20. The summed E-state index contributed by atoms with van der Waals surface area (Å²) >= 11 is 6.04. The Morgan fingerprint density at radius 2 is 2.04 bits per heavy atom. The SMILES string of the molecule is COc1cc(N2CCOCC2)ccc1C=C(C#N)c1cccc(Cl)c1. The molecule has 0 N–H and O–H groups in total. The summed E-state index contributed by atoms with van der Waals surface area (Å²) in [6, 6.07) is 15.6. The molecule has 1 aliphatic rings. The third-order valence-corrected chi connectivity index (χ3v) is 4.38. The zero-order chi connectivity index (χ0) is 17.6. The van der Waals surface area contributed by atoms with E-state index in [0.29, 0.717) is 10.6 Å². The normalized spacial score (nSPS) is 14.9. The molecule has 5 heteroatoms. The largest absolute Gasteiger partial charge is 0.496 e. The first kappa shape index (κ1) is 17.3. The van der Waals surface area contributed by atoms with Crippen LogP contribution in [0.4, 0.5) is 5.69 Å². The van der Waals surface area contributed by atoms with Crippen molar-refractivity contribution in [3.63, 3.8) is 0 Å². The van der Waals surface area contributed by atoms with Crippen molar-refractivity contribution in [2.75, 3.05) is 38.3 Å². The lowest BCUT2D eigenvalue weighted by Gasteiger charge is -2.29. The Morgan fingerprint density at radius 3 is 2.72 bits per heavy atom. The second-order valence-corrected chi connectivity index (χ2v) is 6.14. The molecule has 0 spiro atoms. The third kappa shape index (κ3) is 4.14. The van der Waals surface area contributed by atoms with Crippen molar-refractivity contribution in [2.24, 2.45) is 0 Å². The van der Waals surface area contributed by atoms with Crippen molar-refractivity contribution >= 4 is 28.9 Å². The van der Waals surface area contributed by atoms with Crippen LogP contribution in [-0.4, -0.2) is 33.4 Å². The molecule has 0 amide bonds. The number of hydrogen-bond acceptors (Lipinski definition) is 4. The molecule has 1 heterocycles. The van der Waals surface area contributed by atoms with Crippen LogP contribution in [0.15, 0.2) is 42.5 Å². The van der Waals surface area contributed by atoms with Gasteiger partial charge in [0.15, 0.2) is 0 Å². The summed E-state index contributed by atoms with van der Waals surface area (Å²) in [5.41, 5.74) is 3.28. The smallest absolute Gasteiger partial charge is 0.128 e. The van der Waals surface area contributed by atoms with Crippen molar-refractivity contribution in [3.05, 3.63) is 58.6 Å². The number of nitriles is 1. The first-order valence-corrected chi connectivity index (χ1v) is 8.47. The van der Waals surface area contributed by atoms with Gasteiger partial charge in [-0.15, -0.1) is 0 Å². The Labute approximate surface area is 152 Å². The van der Waals surface area contributed by atoms with Crippen LogP contribution in [0.2, 0.25) is 5.02 Å². The molecule has 1 aliphatic heterocycles. The minimum Gasteiger partial charge on any atom is -0.496 e. The molecule has 1 fully saturated rings. The standard InChI is InChI=1S/C20H19ClN2O2/c1-24-20-13-19(23-7-9-25-10-8-23)6-5-16(20)11-17(14-22)15-3-2-4-18(21)12-15/h2-6,11-13H,7-10H2,1H3. The van der Waals surface area contributed by atoms with Gasteiger partial charge in [-0.2, -0.15) is 5.26 Å². The number of allylic oxidation sites excluding steroid dienone is 1. The monoisotopic (exact) mass is 354 g/mol. The Kier molecular flexibility index (Phi) is 5.60. The van der Waals surface area contributed by atoms with E-state index in [-0.39, 0.29) is 0 Å². The summed E-state index contributed by atoms with van der Waals surface area (Å²) in [6.07, 6.45) is 1.83. The van der Waals surface area contributed by atoms with Crippen molar-refractivity contribution in [3.8, 4) is 11.8 Å². The van der Waals surface area contributed by atoms with Gasteiger partial charge >= 0.3 is 0 Å². The van der Waals surface area contributed by atoms with Crippen molar-refractivity contribution in [1.82, 2.24) is 0 Å². The molecule has 0 unspecified atom stereocenters. The maximum Gasteiger partial charge on any atom is 0.128 e. The predicted octanol–water partition coefficient (Wildman–Crippen LogP) is 4.25. The van der Waals surface area contributed by atoms with Crippen LogP contribution in [0.5, 0.6) is 5.75 Å². The molecule has 1 saturated heterocycles. The van der Waals surface area contributed by atoms with E-state index in [1.807, 2.05) is 36.4 Å². The summed E-state index contributed by atoms with van der Waals surface area (Å²) < 4.78 is 10.9. The molecule has 25 heavy (non-hydrogen) atoms. The topological polar surface area (TPSA) is 45.5 Å². The third-order valence-electron chi connectivity index (χ3n) is 4.15. The molecule has 0 atom stereocenters. The van der Waals surface area contributed by atoms with Crippen LogP contribution in [0.1, 0.15) is 11.1 Å². The van der Waals surface area contributed by atoms with Gasteiger partial charge in [-0.1, -0.05) is 23.7 Å². The first-order valence-electron chi connectivity index (χ1n) is 8.10. The van der Waals surface area contributed by atoms with Gasteiger partial charge < -0.3 is 14.4 Å². The van der Waals surface area contributed by atoms with Gasteiger partial charge in [-0.25, -0.2) is 0 Å². The average Bonchev–Trinajstić information content (AvgIpc) is 2.66. The Hall–Kier alpha value is -2.48. The fourth-order valence-corrected chi connectivity index (χ4v) is 3.02. The highest BCUT2D eigenvalue weighted by atomic mass is 35.5. The Morgan fingerprint density at radius 1 is 1.24 bits per heavy atom. The number of rotatable bonds is 4. The second-order valence-electron chi connectivity index (χ2n) is 5.71. The number of methoxy groups -OCH3 is 1. The fourth-order valence-electron chi connectivity index (χ4n) is 2.83. The zero-order valence-corrected chi connectivity index (χ0v) is 14.8. The number of benzene rings is 2.